The van der Waals surface area contributed by atoms with E-state index in [0.717, 1.165) is 0 Å². The predicted octanol–water partition coefficient (Wildman–Crippen LogP) is 1.52. The molecule has 6 heteroatoms. The fraction of sp³-hybridized carbons (Fsp3) is 0.375. The number of halogens is 3. The maximum Gasteiger partial charge on any atom is 0.422 e. The Morgan fingerprint density at radius 2 is 2.14 bits per heavy atom. The molecule has 0 aliphatic carbocycles. The summed E-state index contributed by atoms with van der Waals surface area (Å²) in [5.41, 5.74) is 0.0942. The first kappa shape index (κ1) is 10.8. The van der Waals surface area contributed by atoms with Gasteiger partial charge in [0.25, 0.3) is 0 Å². The van der Waals surface area contributed by atoms with Crippen LogP contribution in [0.5, 0.6) is 5.75 Å². The first-order chi connectivity index (χ1) is 6.53. The number of aromatic nitrogens is 1. The highest BCUT2D eigenvalue weighted by atomic mass is 19.4. The minimum absolute atomic E-state index is 0.0488. The molecule has 78 valence electrons. The van der Waals surface area contributed by atoms with Crippen molar-refractivity contribution in [2.24, 2.45) is 0 Å². The lowest BCUT2D eigenvalue weighted by molar-refractivity contribution is -0.153. The van der Waals surface area contributed by atoms with E-state index in [0.29, 0.717) is 0 Å². The fourth-order valence-electron chi connectivity index (χ4n) is 0.833. The molecule has 1 heterocycles. The monoisotopic (exact) mass is 207 g/mol. The Hall–Kier alpha value is -1.30. The van der Waals surface area contributed by atoms with Crippen LogP contribution in [-0.2, 0) is 6.61 Å². The zero-order chi connectivity index (χ0) is 10.6. The van der Waals surface area contributed by atoms with Crippen molar-refractivity contribution in [1.29, 1.82) is 0 Å². The van der Waals surface area contributed by atoms with Gasteiger partial charge < -0.3 is 9.84 Å². The van der Waals surface area contributed by atoms with Crippen LogP contribution in [0.4, 0.5) is 13.2 Å². The van der Waals surface area contributed by atoms with Crippen molar-refractivity contribution < 1.29 is 23.0 Å². The van der Waals surface area contributed by atoms with E-state index < -0.39 is 19.4 Å². The number of rotatable bonds is 3. The van der Waals surface area contributed by atoms with Gasteiger partial charge in [0.05, 0.1) is 6.61 Å². The fourth-order valence-corrected chi connectivity index (χ4v) is 0.833. The van der Waals surface area contributed by atoms with Gasteiger partial charge in [-0.3, -0.25) is 4.98 Å². The number of nitrogens with zero attached hydrogens (tertiary/aromatic N) is 1. The predicted molar refractivity (Wildman–Crippen MR) is 41.7 cm³/mol. The van der Waals surface area contributed by atoms with Gasteiger partial charge in [-0.2, -0.15) is 13.2 Å². The highest BCUT2D eigenvalue weighted by molar-refractivity contribution is 5.26. The van der Waals surface area contributed by atoms with Gasteiger partial charge in [0.15, 0.2) is 6.61 Å². The van der Waals surface area contributed by atoms with Gasteiger partial charge in [-0.15, -0.1) is 0 Å². The van der Waals surface area contributed by atoms with Gasteiger partial charge >= 0.3 is 6.18 Å². The van der Waals surface area contributed by atoms with Crippen molar-refractivity contribution in [1.82, 2.24) is 4.98 Å². The minimum Gasteiger partial charge on any atom is -0.482 e. The van der Waals surface area contributed by atoms with E-state index in [2.05, 4.69) is 9.72 Å². The molecule has 0 bridgehead atoms. The average molecular weight is 207 g/mol. The molecular formula is C8H8F3NO2. The summed E-state index contributed by atoms with van der Waals surface area (Å²) in [4.78, 5) is 3.66. The van der Waals surface area contributed by atoms with Gasteiger partial charge in [0, 0.05) is 6.20 Å². The summed E-state index contributed by atoms with van der Waals surface area (Å²) >= 11 is 0. The molecule has 0 saturated heterocycles. The van der Waals surface area contributed by atoms with E-state index in [1.807, 2.05) is 0 Å². The lowest BCUT2D eigenvalue weighted by Gasteiger charge is -2.10. The van der Waals surface area contributed by atoms with Gasteiger partial charge in [-0.1, -0.05) is 0 Å². The van der Waals surface area contributed by atoms with E-state index in [1.54, 1.807) is 0 Å². The van der Waals surface area contributed by atoms with E-state index in [1.165, 1.54) is 18.3 Å². The number of alkyl halides is 3. The second-order valence-electron chi connectivity index (χ2n) is 2.51. The van der Waals surface area contributed by atoms with Crippen LogP contribution in [0.15, 0.2) is 18.3 Å². The summed E-state index contributed by atoms with van der Waals surface area (Å²) < 4.78 is 39.8. The molecule has 0 aromatic carbocycles. The van der Waals surface area contributed by atoms with E-state index in [-0.39, 0.29) is 11.4 Å². The maximum atomic E-state index is 11.8. The molecule has 1 aromatic rings. The standard InChI is InChI=1S/C8H8F3NO2/c9-8(10,11)5-14-7-2-1-3-12-6(7)4-13/h1-3,13H,4-5H2. The van der Waals surface area contributed by atoms with Crippen LogP contribution < -0.4 is 4.74 Å². The lowest BCUT2D eigenvalue weighted by Crippen LogP contribution is -2.19. The molecule has 0 aliphatic rings. The van der Waals surface area contributed by atoms with Crippen molar-refractivity contribution in [2.45, 2.75) is 12.8 Å². The second kappa shape index (κ2) is 4.28. The highest BCUT2D eigenvalue weighted by Gasteiger charge is 2.28. The van der Waals surface area contributed by atoms with Crippen LogP contribution in [0.3, 0.4) is 0 Å². The van der Waals surface area contributed by atoms with Crippen molar-refractivity contribution in [3.8, 4) is 5.75 Å². The Labute approximate surface area is 78.2 Å². The zero-order valence-corrected chi connectivity index (χ0v) is 7.08. The van der Waals surface area contributed by atoms with Gasteiger partial charge in [-0.05, 0) is 12.1 Å². The quantitative estimate of drug-likeness (QED) is 0.816. The third-order valence-corrected chi connectivity index (χ3v) is 1.39. The van der Waals surface area contributed by atoms with E-state index in [9.17, 15) is 13.2 Å². The third-order valence-electron chi connectivity index (χ3n) is 1.39. The normalized spacial score (nSPS) is 11.4. The van der Waals surface area contributed by atoms with Crippen molar-refractivity contribution >= 4 is 0 Å². The SMILES string of the molecule is OCc1ncccc1OCC(F)(F)F. The number of hydrogen-bond donors (Lipinski definition) is 1. The van der Waals surface area contributed by atoms with Gasteiger partial charge in [-0.25, -0.2) is 0 Å². The minimum atomic E-state index is -4.39. The van der Waals surface area contributed by atoms with Crippen LogP contribution in [0.1, 0.15) is 5.69 Å². The maximum absolute atomic E-state index is 11.8. The van der Waals surface area contributed by atoms with Gasteiger partial charge in [0.2, 0.25) is 0 Å². The average Bonchev–Trinajstić information content (AvgIpc) is 2.14. The summed E-state index contributed by atoms with van der Waals surface area (Å²) in [6.45, 7) is -1.83. The molecule has 1 N–H and O–H groups in total. The molecule has 0 atom stereocenters. The van der Waals surface area contributed by atoms with Crippen LogP contribution in [-0.4, -0.2) is 22.9 Å². The molecule has 0 spiro atoms. The number of aliphatic hydroxyl groups excluding tert-OH is 1. The van der Waals surface area contributed by atoms with E-state index in [4.69, 9.17) is 5.11 Å². The summed E-state index contributed by atoms with van der Waals surface area (Å²) in [6.07, 6.45) is -3.02. The molecule has 0 amide bonds. The topological polar surface area (TPSA) is 42.4 Å². The molecule has 3 nitrogen and oxygen atoms in total. The third kappa shape index (κ3) is 3.21. The number of hydrogen-bond acceptors (Lipinski definition) is 3. The summed E-state index contributed by atoms with van der Waals surface area (Å²) in [7, 11) is 0. The Morgan fingerprint density at radius 3 is 2.71 bits per heavy atom. The molecular weight excluding hydrogens is 199 g/mol. The molecule has 1 rings (SSSR count). The molecule has 1 aromatic heterocycles. The van der Waals surface area contributed by atoms with Crippen LogP contribution in [0, 0.1) is 0 Å². The Kier molecular flexibility index (Phi) is 3.29. The molecule has 0 saturated carbocycles. The smallest absolute Gasteiger partial charge is 0.422 e. The first-order valence-electron chi connectivity index (χ1n) is 3.77. The Bertz CT molecular complexity index is 301. The lowest BCUT2D eigenvalue weighted by atomic mass is 10.3. The Balaban J connectivity index is 2.67. The highest BCUT2D eigenvalue weighted by Crippen LogP contribution is 2.20. The summed E-state index contributed by atoms with van der Waals surface area (Å²) in [5, 5.41) is 8.72. The largest absolute Gasteiger partial charge is 0.482 e. The van der Waals surface area contributed by atoms with Crippen molar-refractivity contribution in [3.63, 3.8) is 0 Å². The zero-order valence-electron chi connectivity index (χ0n) is 7.08. The molecule has 0 fully saturated rings. The summed E-state index contributed by atoms with van der Waals surface area (Å²) in [5.74, 6) is -0.0488. The molecule has 0 unspecified atom stereocenters. The molecule has 0 radical (unpaired) electrons. The van der Waals surface area contributed by atoms with Crippen LogP contribution >= 0.6 is 0 Å². The van der Waals surface area contributed by atoms with Gasteiger partial charge in [0.1, 0.15) is 11.4 Å². The number of pyridine rings is 1. The van der Waals surface area contributed by atoms with Crippen molar-refractivity contribution in [2.75, 3.05) is 6.61 Å². The second-order valence-corrected chi connectivity index (χ2v) is 2.51. The summed E-state index contributed by atoms with van der Waals surface area (Å²) in [6, 6.07) is 2.76. The first-order valence-corrected chi connectivity index (χ1v) is 3.77. The molecule has 0 aliphatic heterocycles. The van der Waals surface area contributed by atoms with E-state index >= 15 is 0 Å². The number of ether oxygens (including phenoxy) is 1. The van der Waals surface area contributed by atoms with Crippen molar-refractivity contribution in [3.05, 3.63) is 24.0 Å². The van der Waals surface area contributed by atoms with Crippen LogP contribution in [0.2, 0.25) is 0 Å². The molecule has 14 heavy (non-hydrogen) atoms. The number of aliphatic hydroxyl groups is 1. The van der Waals surface area contributed by atoms with Crippen LogP contribution in [0.25, 0.3) is 0 Å². The Morgan fingerprint density at radius 1 is 1.43 bits per heavy atom.